The highest BCUT2D eigenvalue weighted by Gasteiger charge is 2.29. The van der Waals surface area contributed by atoms with Gasteiger partial charge in [0.15, 0.2) is 17.3 Å². The molecular formula is C19H22N6O2. The van der Waals surface area contributed by atoms with E-state index in [0.717, 1.165) is 22.6 Å². The number of benzene rings is 1. The van der Waals surface area contributed by atoms with Crippen molar-refractivity contribution < 1.29 is 9.53 Å². The van der Waals surface area contributed by atoms with Crippen LogP contribution in [0.15, 0.2) is 30.3 Å². The molecule has 0 bridgehead atoms. The number of nitrogens with zero attached hydrogens (tertiary/aromatic N) is 4. The maximum Gasteiger partial charge on any atom is 0.272 e. The predicted octanol–water partition coefficient (Wildman–Crippen LogP) is 2.16. The molecule has 0 saturated carbocycles. The summed E-state index contributed by atoms with van der Waals surface area (Å²) in [4.78, 5) is 12.7. The third kappa shape index (κ3) is 3.23. The highest BCUT2D eigenvalue weighted by molar-refractivity contribution is 5.94. The van der Waals surface area contributed by atoms with Crippen LogP contribution >= 0.6 is 0 Å². The summed E-state index contributed by atoms with van der Waals surface area (Å²) in [5.41, 5.74) is 3.22. The maximum atomic E-state index is 12.7. The Hall–Kier alpha value is -3.00. The number of ether oxygens (including phenoxy) is 1. The minimum atomic E-state index is -0.224. The number of rotatable bonds is 4. The van der Waals surface area contributed by atoms with Crippen LogP contribution in [-0.2, 0) is 24.8 Å². The van der Waals surface area contributed by atoms with Crippen molar-refractivity contribution in [1.29, 1.82) is 0 Å². The zero-order valence-electron chi connectivity index (χ0n) is 15.6. The third-order valence-corrected chi connectivity index (χ3v) is 4.85. The van der Waals surface area contributed by atoms with Crippen LogP contribution in [0.4, 0.5) is 0 Å². The molecular weight excluding hydrogens is 344 g/mol. The van der Waals surface area contributed by atoms with E-state index in [4.69, 9.17) is 4.74 Å². The summed E-state index contributed by atoms with van der Waals surface area (Å²) in [6.07, 6.45) is 0.634. The van der Waals surface area contributed by atoms with Crippen LogP contribution in [0.5, 0.6) is 0 Å². The molecule has 4 rings (SSSR count). The Labute approximate surface area is 157 Å². The lowest BCUT2D eigenvalue weighted by Gasteiger charge is -2.25. The summed E-state index contributed by atoms with van der Waals surface area (Å²) >= 11 is 0. The number of fused-ring (bicyclic) bond motifs is 1. The van der Waals surface area contributed by atoms with Crippen LogP contribution < -0.4 is 5.32 Å². The van der Waals surface area contributed by atoms with Crippen molar-refractivity contribution in [3.8, 4) is 11.4 Å². The Bertz CT molecular complexity index is 962. The first-order valence-electron chi connectivity index (χ1n) is 8.99. The van der Waals surface area contributed by atoms with E-state index in [1.54, 1.807) is 0 Å². The summed E-state index contributed by atoms with van der Waals surface area (Å²) < 4.78 is 7.65. The second-order valence-corrected chi connectivity index (χ2v) is 6.81. The topological polar surface area (TPSA) is 97.7 Å². The van der Waals surface area contributed by atoms with Crippen LogP contribution in [0.25, 0.3) is 11.4 Å². The van der Waals surface area contributed by atoms with Crippen molar-refractivity contribution in [1.82, 2.24) is 30.3 Å². The van der Waals surface area contributed by atoms with Crippen LogP contribution in [-0.4, -0.2) is 37.0 Å². The standard InChI is InChI=1S/C19H22N6O2/c1-11-9-14-16(12(2)27-11)22-23-17(14)19(26)20-10-15-21-24-18(25(15)3)13-7-5-4-6-8-13/h4-8,11-12H,9-10H2,1-3H3,(H,20,26)(H,22,23)/t11-,12+/m1/s1. The van der Waals surface area contributed by atoms with Crippen LogP contribution in [0.1, 0.15) is 47.5 Å². The van der Waals surface area contributed by atoms with Crippen molar-refractivity contribution in [3.05, 3.63) is 53.1 Å². The summed E-state index contributed by atoms with van der Waals surface area (Å²) in [5, 5.41) is 18.5. The monoisotopic (exact) mass is 366 g/mol. The van der Waals surface area contributed by atoms with E-state index in [9.17, 15) is 4.79 Å². The van der Waals surface area contributed by atoms with E-state index in [-0.39, 0.29) is 24.7 Å². The fourth-order valence-corrected chi connectivity index (χ4v) is 3.46. The lowest BCUT2D eigenvalue weighted by molar-refractivity contribution is -0.00697. The van der Waals surface area contributed by atoms with Crippen molar-refractivity contribution >= 4 is 5.91 Å². The number of hydrogen-bond acceptors (Lipinski definition) is 5. The molecule has 2 atom stereocenters. The van der Waals surface area contributed by atoms with Gasteiger partial charge < -0.3 is 14.6 Å². The van der Waals surface area contributed by atoms with Gasteiger partial charge in [0.05, 0.1) is 24.4 Å². The van der Waals surface area contributed by atoms with Crippen molar-refractivity contribution in [3.63, 3.8) is 0 Å². The van der Waals surface area contributed by atoms with Crippen molar-refractivity contribution in [2.45, 2.75) is 39.0 Å². The van der Waals surface area contributed by atoms with Crippen LogP contribution in [0.2, 0.25) is 0 Å². The molecule has 140 valence electrons. The van der Waals surface area contributed by atoms with Gasteiger partial charge in [0.25, 0.3) is 5.91 Å². The van der Waals surface area contributed by atoms with Gasteiger partial charge in [-0.05, 0) is 13.8 Å². The molecule has 8 heteroatoms. The molecule has 0 fully saturated rings. The molecule has 3 heterocycles. The normalized spacial score (nSPS) is 18.9. The SMILES string of the molecule is C[C@@H]1Cc2c(C(=O)NCc3nnc(-c4ccccc4)n3C)n[nH]c2[C@H](C)O1. The molecule has 2 aromatic heterocycles. The fourth-order valence-electron chi connectivity index (χ4n) is 3.46. The second kappa shape index (κ2) is 6.96. The molecule has 0 aliphatic carbocycles. The van der Waals surface area contributed by atoms with E-state index < -0.39 is 0 Å². The highest BCUT2D eigenvalue weighted by atomic mass is 16.5. The lowest BCUT2D eigenvalue weighted by atomic mass is 9.99. The molecule has 0 unspecified atom stereocenters. The number of H-pyrrole nitrogens is 1. The molecule has 0 saturated heterocycles. The number of aromatic nitrogens is 5. The van der Waals surface area contributed by atoms with E-state index in [1.807, 2.05) is 55.8 Å². The predicted molar refractivity (Wildman–Crippen MR) is 98.9 cm³/mol. The van der Waals surface area contributed by atoms with Gasteiger partial charge in [-0.3, -0.25) is 9.89 Å². The number of aromatic amines is 1. The summed E-state index contributed by atoms with van der Waals surface area (Å²) in [5.74, 6) is 1.21. The number of carbonyl (C=O) groups excluding carboxylic acids is 1. The summed E-state index contributed by atoms with van der Waals surface area (Å²) in [6, 6.07) is 9.83. The van der Waals surface area contributed by atoms with E-state index >= 15 is 0 Å². The fraction of sp³-hybridized carbons (Fsp3) is 0.368. The minimum Gasteiger partial charge on any atom is -0.369 e. The molecule has 1 amide bonds. The van der Waals surface area contributed by atoms with Crippen molar-refractivity contribution in [2.75, 3.05) is 0 Å². The average Bonchev–Trinajstić information content (AvgIpc) is 3.24. The molecule has 1 aliphatic rings. The Morgan fingerprint density at radius 3 is 2.85 bits per heavy atom. The number of amides is 1. The molecule has 2 N–H and O–H groups in total. The van der Waals surface area contributed by atoms with Crippen LogP contribution in [0.3, 0.4) is 0 Å². The van der Waals surface area contributed by atoms with Gasteiger partial charge in [-0.25, -0.2) is 0 Å². The number of nitrogens with one attached hydrogen (secondary N) is 2. The minimum absolute atomic E-state index is 0.0591. The third-order valence-electron chi connectivity index (χ3n) is 4.85. The first kappa shape index (κ1) is 17.4. The average molecular weight is 366 g/mol. The van der Waals surface area contributed by atoms with E-state index in [0.29, 0.717) is 17.9 Å². The molecule has 1 aliphatic heterocycles. The van der Waals surface area contributed by atoms with Gasteiger partial charge in [0.1, 0.15) is 0 Å². The largest absolute Gasteiger partial charge is 0.369 e. The van der Waals surface area contributed by atoms with Gasteiger partial charge in [-0.2, -0.15) is 5.10 Å². The second-order valence-electron chi connectivity index (χ2n) is 6.81. The zero-order chi connectivity index (χ0) is 19.0. The molecule has 1 aromatic carbocycles. The molecule has 0 radical (unpaired) electrons. The zero-order valence-corrected chi connectivity index (χ0v) is 15.6. The Morgan fingerprint density at radius 1 is 1.30 bits per heavy atom. The smallest absolute Gasteiger partial charge is 0.272 e. The van der Waals surface area contributed by atoms with E-state index in [2.05, 4.69) is 25.7 Å². The van der Waals surface area contributed by atoms with Gasteiger partial charge in [0, 0.05) is 24.6 Å². The lowest BCUT2D eigenvalue weighted by Crippen LogP contribution is -2.28. The molecule has 8 nitrogen and oxygen atoms in total. The molecule has 0 spiro atoms. The Morgan fingerprint density at radius 2 is 2.07 bits per heavy atom. The number of carbonyl (C=O) groups is 1. The first-order chi connectivity index (χ1) is 13.0. The van der Waals surface area contributed by atoms with Gasteiger partial charge in [-0.1, -0.05) is 30.3 Å². The number of hydrogen-bond donors (Lipinski definition) is 2. The van der Waals surface area contributed by atoms with Gasteiger partial charge in [0.2, 0.25) is 0 Å². The Kier molecular flexibility index (Phi) is 4.49. The highest BCUT2D eigenvalue weighted by Crippen LogP contribution is 2.30. The van der Waals surface area contributed by atoms with Gasteiger partial charge in [-0.15, -0.1) is 10.2 Å². The molecule has 3 aromatic rings. The summed E-state index contributed by atoms with van der Waals surface area (Å²) in [6.45, 7) is 4.23. The Balaban J connectivity index is 1.49. The summed E-state index contributed by atoms with van der Waals surface area (Å²) in [7, 11) is 1.89. The first-order valence-corrected chi connectivity index (χ1v) is 8.99. The quantitative estimate of drug-likeness (QED) is 0.737. The van der Waals surface area contributed by atoms with Crippen molar-refractivity contribution in [2.24, 2.45) is 7.05 Å². The van der Waals surface area contributed by atoms with E-state index in [1.165, 1.54) is 0 Å². The van der Waals surface area contributed by atoms with Gasteiger partial charge >= 0.3 is 0 Å². The van der Waals surface area contributed by atoms with Crippen LogP contribution in [0, 0.1) is 0 Å². The molecule has 27 heavy (non-hydrogen) atoms. The maximum absolute atomic E-state index is 12.7.